The Balaban J connectivity index is 1.64. The lowest BCUT2D eigenvalue weighted by Gasteiger charge is -2.37. The molecule has 2 aromatic rings. The predicted molar refractivity (Wildman–Crippen MR) is 98.4 cm³/mol. The van der Waals surface area contributed by atoms with Gasteiger partial charge >= 0.3 is 0 Å². The van der Waals surface area contributed by atoms with E-state index in [2.05, 4.69) is 15.2 Å². The topological polar surface area (TPSA) is 45.2 Å². The van der Waals surface area contributed by atoms with E-state index in [4.69, 9.17) is 12.2 Å². The summed E-state index contributed by atoms with van der Waals surface area (Å²) >= 11 is 5.48. The number of likely N-dealkylation sites (tertiary alicyclic amines) is 1. The van der Waals surface area contributed by atoms with Crippen LogP contribution in [0.25, 0.3) is 0 Å². The van der Waals surface area contributed by atoms with Crippen molar-refractivity contribution in [3.8, 4) is 0 Å². The molecule has 0 saturated carbocycles. The van der Waals surface area contributed by atoms with Gasteiger partial charge < -0.3 is 10.2 Å². The largest absolute Gasteiger partial charge is 0.342 e. The minimum absolute atomic E-state index is 0.140. The minimum Gasteiger partial charge on any atom is -0.342 e. The van der Waals surface area contributed by atoms with E-state index in [0.717, 1.165) is 36.9 Å². The molecule has 1 fully saturated rings. The highest BCUT2D eigenvalue weighted by molar-refractivity contribution is 7.80. The number of thiocarbonyl (C=S) groups is 1. The van der Waals surface area contributed by atoms with Crippen molar-refractivity contribution in [2.75, 3.05) is 6.54 Å². The van der Waals surface area contributed by atoms with Crippen molar-refractivity contribution in [1.29, 1.82) is 0 Å². The van der Waals surface area contributed by atoms with Gasteiger partial charge in [0.05, 0.1) is 12.5 Å². The van der Waals surface area contributed by atoms with Crippen LogP contribution in [0.5, 0.6) is 0 Å². The van der Waals surface area contributed by atoms with E-state index in [1.807, 2.05) is 18.3 Å². The fourth-order valence-corrected chi connectivity index (χ4v) is 3.45. The molecule has 1 aliphatic rings. The number of hydrogen-bond donors (Lipinski definition) is 1. The number of carbonyl (C=O) groups excluding carboxylic acids is 1. The van der Waals surface area contributed by atoms with Gasteiger partial charge in [-0.3, -0.25) is 9.78 Å². The summed E-state index contributed by atoms with van der Waals surface area (Å²) in [5.41, 5.74) is 1.86. The van der Waals surface area contributed by atoms with Crippen LogP contribution in [0.4, 0.5) is 4.39 Å². The Morgan fingerprint density at radius 2 is 2.08 bits per heavy atom. The Hall–Kier alpha value is -2.34. The molecule has 1 saturated heterocycles. The number of aromatic nitrogens is 1. The lowest BCUT2D eigenvalue weighted by Crippen LogP contribution is -2.46. The number of carbonyl (C=O) groups is 1. The maximum atomic E-state index is 12.9. The normalized spacial score (nSPS) is 17.2. The Bertz CT molecular complexity index is 736. The van der Waals surface area contributed by atoms with Crippen LogP contribution in [0.3, 0.4) is 0 Å². The minimum atomic E-state index is -0.313. The van der Waals surface area contributed by atoms with Gasteiger partial charge in [-0.05, 0) is 60.8 Å². The molecule has 0 spiro atoms. The van der Waals surface area contributed by atoms with Gasteiger partial charge in [0.2, 0.25) is 5.91 Å². The molecular formula is C19H20FN3OS. The maximum Gasteiger partial charge on any atom is 0.230 e. The maximum absolute atomic E-state index is 12.9. The van der Waals surface area contributed by atoms with Gasteiger partial charge in [-0.2, -0.15) is 0 Å². The molecule has 0 radical (unpaired) electrons. The van der Waals surface area contributed by atoms with Crippen LogP contribution in [-0.2, 0) is 11.2 Å². The van der Waals surface area contributed by atoms with Crippen molar-refractivity contribution in [3.05, 3.63) is 65.7 Å². The van der Waals surface area contributed by atoms with Crippen LogP contribution in [0.2, 0.25) is 0 Å². The molecule has 4 nitrogen and oxygen atoms in total. The number of halogens is 1. The van der Waals surface area contributed by atoms with Gasteiger partial charge in [0.15, 0.2) is 5.11 Å². The van der Waals surface area contributed by atoms with E-state index in [-0.39, 0.29) is 24.2 Å². The van der Waals surface area contributed by atoms with Crippen molar-refractivity contribution in [3.63, 3.8) is 0 Å². The highest BCUT2D eigenvalue weighted by Crippen LogP contribution is 2.30. The third kappa shape index (κ3) is 4.60. The molecule has 6 heteroatoms. The third-order valence-corrected chi connectivity index (χ3v) is 4.69. The van der Waals surface area contributed by atoms with Crippen LogP contribution < -0.4 is 5.32 Å². The second-order valence-corrected chi connectivity index (χ2v) is 6.53. The molecule has 1 aromatic heterocycles. The summed E-state index contributed by atoms with van der Waals surface area (Å²) in [5.74, 6) is -0.501. The first-order valence-corrected chi connectivity index (χ1v) is 8.79. The van der Waals surface area contributed by atoms with Crippen molar-refractivity contribution >= 4 is 23.2 Å². The van der Waals surface area contributed by atoms with Crippen LogP contribution in [0.15, 0.2) is 48.8 Å². The number of nitrogens with zero attached hydrogens (tertiary/aromatic N) is 2. The van der Waals surface area contributed by atoms with Gasteiger partial charge in [0.1, 0.15) is 5.82 Å². The Morgan fingerprint density at radius 1 is 1.28 bits per heavy atom. The van der Waals surface area contributed by atoms with Crippen LogP contribution >= 0.6 is 12.2 Å². The van der Waals surface area contributed by atoms with E-state index in [1.165, 1.54) is 12.1 Å². The molecule has 25 heavy (non-hydrogen) atoms. The number of hydrogen-bond acceptors (Lipinski definition) is 3. The first-order valence-electron chi connectivity index (χ1n) is 8.38. The summed E-state index contributed by atoms with van der Waals surface area (Å²) in [4.78, 5) is 18.5. The number of amides is 1. The number of benzene rings is 1. The second kappa shape index (κ2) is 8.16. The molecule has 1 amide bonds. The summed E-state index contributed by atoms with van der Waals surface area (Å²) in [6, 6.07) is 10.0. The average Bonchev–Trinajstić information content (AvgIpc) is 2.64. The quantitative estimate of drug-likeness (QED) is 0.856. The van der Waals surface area contributed by atoms with E-state index in [1.54, 1.807) is 18.3 Å². The number of pyridine rings is 1. The highest BCUT2D eigenvalue weighted by atomic mass is 32.1. The summed E-state index contributed by atoms with van der Waals surface area (Å²) < 4.78 is 12.9. The van der Waals surface area contributed by atoms with Crippen molar-refractivity contribution < 1.29 is 9.18 Å². The van der Waals surface area contributed by atoms with Crippen molar-refractivity contribution in [2.45, 2.75) is 31.7 Å². The van der Waals surface area contributed by atoms with Gasteiger partial charge in [0, 0.05) is 18.9 Å². The van der Waals surface area contributed by atoms with E-state index >= 15 is 0 Å². The van der Waals surface area contributed by atoms with Crippen LogP contribution in [0.1, 0.15) is 36.4 Å². The molecule has 1 aliphatic heterocycles. The number of piperidine rings is 1. The van der Waals surface area contributed by atoms with Crippen LogP contribution in [-0.4, -0.2) is 27.4 Å². The van der Waals surface area contributed by atoms with Gasteiger partial charge in [-0.25, -0.2) is 4.39 Å². The van der Waals surface area contributed by atoms with Crippen molar-refractivity contribution in [2.24, 2.45) is 0 Å². The van der Waals surface area contributed by atoms with E-state index in [9.17, 15) is 9.18 Å². The molecular weight excluding hydrogens is 337 g/mol. The Kier molecular flexibility index (Phi) is 5.71. The molecule has 2 heterocycles. The molecule has 1 atom stereocenters. The van der Waals surface area contributed by atoms with Gasteiger partial charge in [-0.15, -0.1) is 0 Å². The average molecular weight is 357 g/mol. The van der Waals surface area contributed by atoms with E-state index < -0.39 is 0 Å². The first kappa shape index (κ1) is 17.5. The van der Waals surface area contributed by atoms with Gasteiger partial charge in [0.25, 0.3) is 0 Å². The standard InChI is InChI=1S/C19H20FN3OS/c20-16-8-6-14(7-9-16)12-18(24)22-19(25)23-11-2-1-5-17(23)15-4-3-10-21-13-15/h3-4,6-10,13,17H,1-2,5,11-12H2,(H,22,24,25). The molecule has 1 aromatic carbocycles. The molecule has 1 unspecified atom stereocenters. The molecule has 130 valence electrons. The summed E-state index contributed by atoms with van der Waals surface area (Å²) in [6.45, 7) is 0.815. The van der Waals surface area contributed by atoms with Crippen molar-refractivity contribution in [1.82, 2.24) is 15.2 Å². The lowest BCUT2D eigenvalue weighted by atomic mass is 9.97. The number of nitrogens with one attached hydrogen (secondary N) is 1. The zero-order valence-corrected chi connectivity index (χ0v) is 14.6. The Labute approximate surface area is 152 Å². The van der Waals surface area contributed by atoms with Gasteiger partial charge in [-0.1, -0.05) is 18.2 Å². The van der Waals surface area contributed by atoms with E-state index in [0.29, 0.717) is 5.11 Å². The molecule has 0 bridgehead atoms. The molecule has 0 aliphatic carbocycles. The smallest absolute Gasteiger partial charge is 0.230 e. The first-order chi connectivity index (χ1) is 12.1. The summed E-state index contributed by atoms with van der Waals surface area (Å²) in [7, 11) is 0. The zero-order valence-electron chi connectivity index (χ0n) is 13.8. The highest BCUT2D eigenvalue weighted by Gasteiger charge is 2.26. The summed E-state index contributed by atoms with van der Waals surface area (Å²) in [5, 5.41) is 3.26. The Morgan fingerprint density at radius 3 is 2.80 bits per heavy atom. The predicted octanol–water partition coefficient (Wildman–Crippen LogP) is 3.39. The fraction of sp³-hybridized carbons (Fsp3) is 0.316. The summed E-state index contributed by atoms with van der Waals surface area (Å²) in [6.07, 6.45) is 6.93. The molecule has 3 rings (SSSR count). The number of rotatable bonds is 3. The third-order valence-electron chi connectivity index (χ3n) is 4.36. The zero-order chi connectivity index (χ0) is 17.6. The fourth-order valence-electron chi connectivity index (χ4n) is 3.12. The second-order valence-electron chi connectivity index (χ2n) is 6.15. The van der Waals surface area contributed by atoms with Crippen LogP contribution in [0, 0.1) is 5.82 Å². The monoisotopic (exact) mass is 357 g/mol. The lowest BCUT2D eigenvalue weighted by molar-refractivity contribution is -0.119. The SMILES string of the molecule is O=C(Cc1ccc(F)cc1)NC(=S)N1CCCCC1c1cccnc1. The molecule has 1 N–H and O–H groups in total.